The van der Waals surface area contributed by atoms with Crippen molar-refractivity contribution in [2.24, 2.45) is 0 Å². The van der Waals surface area contributed by atoms with Crippen LogP contribution in [0.5, 0.6) is 5.75 Å². The predicted molar refractivity (Wildman–Crippen MR) is 63.0 cm³/mol. The lowest BCUT2D eigenvalue weighted by Crippen LogP contribution is -1.92. The number of ether oxygens (including phenoxy) is 1. The zero-order valence-electron chi connectivity index (χ0n) is 7.51. The average Bonchev–Trinajstić information content (AvgIpc) is 2.53. The fourth-order valence-electron chi connectivity index (χ4n) is 1.32. The van der Waals surface area contributed by atoms with E-state index < -0.39 is 0 Å². The lowest BCUT2D eigenvalue weighted by atomic mass is 10.2. The number of hydrogen-bond acceptors (Lipinski definition) is 2. The Morgan fingerprint density at radius 2 is 2.07 bits per heavy atom. The summed E-state index contributed by atoms with van der Waals surface area (Å²) in [6, 6.07) is 3.79. The van der Waals surface area contributed by atoms with Crippen molar-refractivity contribution in [1.29, 1.82) is 0 Å². The van der Waals surface area contributed by atoms with Gasteiger partial charge in [-0.1, -0.05) is 23.2 Å². The van der Waals surface area contributed by atoms with E-state index >= 15 is 0 Å². The molecule has 2 rings (SSSR count). The molecule has 0 saturated heterocycles. The second-order valence-corrected chi connectivity index (χ2v) is 4.49. The summed E-state index contributed by atoms with van der Waals surface area (Å²) < 4.78 is 6.58. The van der Waals surface area contributed by atoms with Crippen LogP contribution in [0.2, 0.25) is 10.0 Å². The van der Waals surface area contributed by atoms with Gasteiger partial charge in [-0.05, 0) is 19.1 Å². The number of hydrogen-bond donors (Lipinski definition) is 0. The zero-order chi connectivity index (χ0) is 10.1. The van der Waals surface area contributed by atoms with Gasteiger partial charge in [-0.15, -0.1) is 11.3 Å². The number of benzene rings is 1. The number of thiophene rings is 1. The van der Waals surface area contributed by atoms with Gasteiger partial charge in [-0.3, -0.25) is 0 Å². The normalized spacial score (nSPS) is 10.8. The fraction of sp³-hybridized carbons (Fsp3) is 0.200. The second kappa shape index (κ2) is 3.97. The first kappa shape index (κ1) is 10.1. The minimum Gasteiger partial charge on any atom is -0.492 e. The Balaban J connectivity index is 2.73. The fourth-order valence-corrected chi connectivity index (χ4v) is 2.73. The standard InChI is InChI=1S/C10H8Cl2OS/c1-2-13-10-6(11)3-4-8-9(10)7(12)5-14-8/h3-5H,2H2,1H3. The van der Waals surface area contributed by atoms with E-state index in [9.17, 15) is 0 Å². The van der Waals surface area contributed by atoms with E-state index in [1.807, 2.05) is 24.4 Å². The van der Waals surface area contributed by atoms with Crippen molar-refractivity contribution in [3.63, 3.8) is 0 Å². The summed E-state index contributed by atoms with van der Waals surface area (Å²) in [5, 5.41) is 4.13. The first-order valence-corrected chi connectivity index (χ1v) is 5.85. The predicted octanol–water partition coefficient (Wildman–Crippen LogP) is 4.61. The first-order chi connectivity index (χ1) is 6.74. The Labute approximate surface area is 96.2 Å². The molecule has 0 aliphatic carbocycles. The summed E-state index contributed by atoms with van der Waals surface area (Å²) in [5.74, 6) is 0.693. The topological polar surface area (TPSA) is 9.23 Å². The highest BCUT2D eigenvalue weighted by Crippen LogP contribution is 2.41. The number of halogens is 2. The lowest BCUT2D eigenvalue weighted by molar-refractivity contribution is 0.344. The van der Waals surface area contributed by atoms with Crippen molar-refractivity contribution in [3.8, 4) is 5.75 Å². The minimum absolute atomic E-state index is 0.588. The average molecular weight is 247 g/mol. The Hall–Kier alpha value is -0.440. The Bertz CT molecular complexity index is 464. The van der Waals surface area contributed by atoms with Crippen LogP contribution in [-0.2, 0) is 0 Å². The summed E-state index contributed by atoms with van der Waals surface area (Å²) >= 11 is 13.7. The smallest absolute Gasteiger partial charge is 0.148 e. The van der Waals surface area contributed by atoms with Crippen LogP contribution in [0, 0.1) is 0 Å². The highest BCUT2D eigenvalue weighted by molar-refractivity contribution is 7.18. The number of rotatable bonds is 2. The molecule has 0 aliphatic heterocycles. The highest BCUT2D eigenvalue weighted by atomic mass is 35.5. The highest BCUT2D eigenvalue weighted by Gasteiger charge is 2.11. The van der Waals surface area contributed by atoms with Crippen molar-refractivity contribution >= 4 is 44.6 Å². The maximum absolute atomic E-state index is 6.06. The molecule has 74 valence electrons. The van der Waals surface area contributed by atoms with Gasteiger partial charge in [0.1, 0.15) is 5.75 Å². The minimum atomic E-state index is 0.588. The number of fused-ring (bicyclic) bond motifs is 1. The largest absolute Gasteiger partial charge is 0.492 e. The van der Waals surface area contributed by atoms with Crippen molar-refractivity contribution in [2.75, 3.05) is 6.61 Å². The quantitative estimate of drug-likeness (QED) is 0.753. The van der Waals surface area contributed by atoms with Crippen molar-refractivity contribution in [1.82, 2.24) is 0 Å². The molecule has 1 aromatic heterocycles. The molecule has 0 atom stereocenters. The van der Waals surface area contributed by atoms with E-state index in [2.05, 4.69) is 0 Å². The van der Waals surface area contributed by atoms with Crippen LogP contribution in [0.25, 0.3) is 10.1 Å². The van der Waals surface area contributed by atoms with Crippen molar-refractivity contribution in [3.05, 3.63) is 27.6 Å². The summed E-state index contributed by atoms with van der Waals surface area (Å²) in [7, 11) is 0. The molecule has 0 spiro atoms. The molecule has 0 aliphatic rings. The summed E-state index contributed by atoms with van der Waals surface area (Å²) in [6.45, 7) is 2.51. The first-order valence-electron chi connectivity index (χ1n) is 4.22. The van der Waals surface area contributed by atoms with Gasteiger partial charge in [0.15, 0.2) is 0 Å². The molecular formula is C10H8Cl2OS. The second-order valence-electron chi connectivity index (χ2n) is 2.77. The van der Waals surface area contributed by atoms with Crippen LogP contribution in [0.3, 0.4) is 0 Å². The van der Waals surface area contributed by atoms with Gasteiger partial charge in [-0.25, -0.2) is 0 Å². The third-order valence-corrected chi connectivity index (χ3v) is 3.56. The van der Waals surface area contributed by atoms with Crippen LogP contribution < -0.4 is 4.74 Å². The monoisotopic (exact) mass is 246 g/mol. The molecule has 1 heterocycles. The van der Waals surface area contributed by atoms with Crippen LogP contribution >= 0.6 is 34.5 Å². The molecule has 0 radical (unpaired) electrons. The molecule has 0 saturated carbocycles. The molecule has 0 N–H and O–H groups in total. The van der Waals surface area contributed by atoms with Crippen LogP contribution in [0.1, 0.15) is 6.92 Å². The van der Waals surface area contributed by atoms with E-state index in [0.717, 1.165) is 10.1 Å². The van der Waals surface area contributed by atoms with Gasteiger partial charge < -0.3 is 4.74 Å². The molecule has 0 amide bonds. The third kappa shape index (κ3) is 1.58. The summed E-state index contributed by atoms with van der Waals surface area (Å²) in [4.78, 5) is 0. The van der Waals surface area contributed by atoms with Crippen LogP contribution in [0.4, 0.5) is 0 Å². The molecular weight excluding hydrogens is 239 g/mol. The summed E-state index contributed by atoms with van der Waals surface area (Å²) in [5.41, 5.74) is 0. The molecule has 0 fully saturated rings. The Morgan fingerprint density at radius 1 is 1.29 bits per heavy atom. The van der Waals surface area contributed by atoms with Gasteiger partial charge in [0.25, 0.3) is 0 Å². The molecule has 2 aromatic rings. The van der Waals surface area contributed by atoms with Gasteiger partial charge >= 0.3 is 0 Å². The summed E-state index contributed by atoms with van der Waals surface area (Å²) in [6.07, 6.45) is 0. The SMILES string of the molecule is CCOc1c(Cl)ccc2scc(Cl)c12. The lowest BCUT2D eigenvalue weighted by Gasteiger charge is -2.07. The molecule has 0 bridgehead atoms. The maximum Gasteiger partial charge on any atom is 0.148 e. The van der Waals surface area contributed by atoms with Gasteiger partial charge in [0.2, 0.25) is 0 Å². The van der Waals surface area contributed by atoms with Gasteiger partial charge in [0, 0.05) is 10.1 Å². The Morgan fingerprint density at radius 3 is 2.79 bits per heavy atom. The van der Waals surface area contributed by atoms with Crippen molar-refractivity contribution < 1.29 is 4.74 Å². The third-order valence-electron chi connectivity index (χ3n) is 1.89. The van der Waals surface area contributed by atoms with Crippen LogP contribution in [-0.4, -0.2) is 6.61 Å². The van der Waals surface area contributed by atoms with Crippen LogP contribution in [0.15, 0.2) is 17.5 Å². The zero-order valence-corrected chi connectivity index (χ0v) is 9.84. The van der Waals surface area contributed by atoms with E-state index in [-0.39, 0.29) is 0 Å². The van der Waals surface area contributed by atoms with E-state index in [1.54, 1.807) is 11.3 Å². The maximum atomic E-state index is 6.06. The molecule has 0 unspecified atom stereocenters. The van der Waals surface area contributed by atoms with E-state index in [0.29, 0.717) is 22.4 Å². The van der Waals surface area contributed by atoms with Crippen molar-refractivity contribution in [2.45, 2.75) is 6.92 Å². The van der Waals surface area contributed by atoms with E-state index in [4.69, 9.17) is 27.9 Å². The molecule has 4 heteroatoms. The molecule has 1 aromatic carbocycles. The van der Waals surface area contributed by atoms with Gasteiger partial charge in [-0.2, -0.15) is 0 Å². The van der Waals surface area contributed by atoms with E-state index in [1.165, 1.54) is 0 Å². The molecule has 1 nitrogen and oxygen atoms in total. The molecule has 14 heavy (non-hydrogen) atoms. The Kier molecular flexibility index (Phi) is 2.86. The van der Waals surface area contributed by atoms with Gasteiger partial charge in [0.05, 0.1) is 22.0 Å².